The number of carbonyl (C=O) groups excluding carboxylic acids is 1. The van der Waals surface area contributed by atoms with Crippen LogP contribution in [0.1, 0.15) is 29.3 Å². The SMILES string of the molecule is CC(=O)SCCC=Cc1ccc(N)c(C(=O)O)c1. The summed E-state index contributed by atoms with van der Waals surface area (Å²) in [4.78, 5) is 21.6. The molecular formula is C13H15NO3S. The van der Waals surface area contributed by atoms with Gasteiger partial charge in [0.25, 0.3) is 0 Å². The van der Waals surface area contributed by atoms with E-state index in [1.165, 1.54) is 24.8 Å². The number of thioether (sulfide) groups is 1. The van der Waals surface area contributed by atoms with Gasteiger partial charge in [0.1, 0.15) is 0 Å². The van der Waals surface area contributed by atoms with Gasteiger partial charge in [-0.15, -0.1) is 0 Å². The molecule has 0 radical (unpaired) electrons. The van der Waals surface area contributed by atoms with Crippen LogP contribution >= 0.6 is 11.8 Å². The number of aromatic carboxylic acids is 1. The molecule has 0 bridgehead atoms. The number of hydrogen-bond acceptors (Lipinski definition) is 4. The van der Waals surface area contributed by atoms with Gasteiger partial charge >= 0.3 is 5.97 Å². The predicted molar refractivity (Wildman–Crippen MR) is 74.6 cm³/mol. The van der Waals surface area contributed by atoms with E-state index in [0.29, 0.717) is 0 Å². The molecule has 3 N–H and O–H groups in total. The highest BCUT2D eigenvalue weighted by molar-refractivity contribution is 8.13. The zero-order valence-corrected chi connectivity index (χ0v) is 10.9. The molecule has 1 rings (SSSR count). The summed E-state index contributed by atoms with van der Waals surface area (Å²) in [5.74, 6) is -0.304. The van der Waals surface area contributed by atoms with Crippen LogP contribution in [-0.2, 0) is 4.79 Å². The Kier molecular flexibility index (Phi) is 5.45. The Morgan fingerprint density at radius 2 is 2.17 bits per heavy atom. The van der Waals surface area contributed by atoms with Crippen LogP contribution < -0.4 is 5.73 Å². The van der Waals surface area contributed by atoms with Gasteiger partial charge in [-0.2, -0.15) is 0 Å². The lowest BCUT2D eigenvalue weighted by molar-refractivity contribution is -0.109. The van der Waals surface area contributed by atoms with Gasteiger partial charge in [0, 0.05) is 18.4 Å². The normalized spacial score (nSPS) is 10.7. The van der Waals surface area contributed by atoms with E-state index in [9.17, 15) is 9.59 Å². The van der Waals surface area contributed by atoms with Gasteiger partial charge in [0.05, 0.1) is 5.56 Å². The van der Waals surface area contributed by atoms with Crippen molar-refractivity contribution in [3.8, 4) is 0 Å². The molecule has 0 saturated heterocycles. The monoisotopic (exact) mass is 265 g/mol. The van der Waals surface area contributed by atoms with Crippen molar-refractivity contribution >= 4 is 34.6 Å². The van der Waals surface area contributed by atoms with E-state index in [2.05, 4.69) is 0 Å². The zero-order chi connectivity index (χ0) is 13.5. The molecule has 96 valence electrons. The topological polar surface area (TPSA) is 80.4 Å². The Balaban J connectivity index is 2.62. The fourth-order valence-corrected chi connectivity index (χ4v) is 1.89. The van der Waals surface area contributed by atoms with Crippen molar-refractivity contribution in [3.63, 3.8) is 0 Å². The smallest absolute Gasteiger partial charge is 0.337 e. The largest absolute Gasteiger partial charge is 0.478 e. The standard InChI is InChI=1S/C13H15NO3S/c1-9(15)18-7-3-2-4-10-5-6-12(14)11(8-10)13(16)17/h2,4-6,8H,3,7,14H2,1H3,(H,16,17). The molecule has 0 amide bonds. The number of nitrogens with two attached hydrogens (primary N) is 1. The van der Waals surface area contributed by atoms with E-state index in [0.717, 1.165) is 17.7 Å². The number of rotatable bonds is 5. The van der Waals surface area contributed by atoms with Crippen molar-refractivity contribution in [1.29, 1.82) is 0 Å². The van der Waals surface area contributed by atoms with Crippen LogP contribution in [0.15, 0.2) is 24.3 Å². The minimum absolute atomic E-state index is 0.101. The van der Waals surface area contributed by atoms with Crippen LogP contribution in [0.4, 0.5) is 5.69 Å². The molecule has 0 unspecified atom stereocenters. The first-order valence-electron chi connectivity index (χ1n) is 5.43. The summed E-state index contributed by atoms with van der Waals surface area (Å²) >= 11 is 1.27. The van der Waals surface area contributed by atoms with E-state index in [1.54, 1.807) is 12.1 Å². The first-order valence-corrected chi connectivity index (χ1v) is 6.42. The molecule has 1 aromatic carbocycles. The highest BCUT2D eigenvalue weighted by atomic mass is 32.2. The molecule has 0 aromatic heterocycles. The number of benzene rings is 1. The zero-order valence-electron chi connectivity index (χ0n) is 10.1. The molecule has 4 nitrogen and oxygen atoms in total. The summed E-state index contributed by atoms with van der Waals surface area (Å²) in [7, 11) is 0. The lowest BCUT2D eigenvalue weighted by atomic mass is 10.1. The second-order valence-corrected chi connectivity index (χ2v) is 4.95. The summed E-state index contributed by atoms with van der Waals surface area (Å²) < 4.78 is 0. The van der Waals surface area contributed by atoms with Crippen molar-refractivity contribution in [2.45, 2.75) is 13.3 Å². The van der Waals surface area contributed by atoms with Gasteiger partial charge in [0.2, 0.25) is 0 Å². The Morgan fingerprint density at radius 3 is 2.78 bits per heavy atom. The van der Waals surface area contributed by atoms with Gasteiger partial charge in [-0.25, -0.2) is 4.79 Å². The third-order valence-corrected chi connectivity index (χ3v) is 3.05. The number of allylic oxidation sites excluding steroid dienone is 1. The molecule has 0 aliphatic carbocycles. The molecule has 0 atom stereocenters. The van der Waals surface area contributed by atoms with Crippen LogP contribution in [0.3, 0.4) is 0 Å². The fraction of sp³-hybridized carbons (Fsp3) is 0.231. The Hall–Kier alpha value is -1.75. The maximum absolute atomic E-state index is 10.9. The third kappa shape index (κ3) is 4.63. The van der Waals surface area contributed by atoms with Crippen LogP contribution in [-0.4, -0.2) is 21.9 Å². The molecular weight excluding hydrogens is 250 g/mol. The second kappa shape index (κ2) is 6.86. The van der Waals surface area contributed by atoms with Crippen molar-refractivity contribution in [3.05, 3.63) is 35.4 Å². The number of carboxylic acids is 1. The second-order valence-electron chi connectivity index (χ2n) is 3.68. The van der Waals surface area contributed by atoms with Crippen LogP contribution in [0.25, 0.3) is 6.08 Å². The van der Waals surface area contributed by atoms with Gasteiger partial charge in [-0.05, 0) is 24.1 Å². The summed E-state index contributed by atoms with van der Waals surface area (Å²) in [5, 5.41) is 9.02. The van der Waals surface area contributed by atoms with Crippen molar-refractivity contribution in [2.75, 3.05) is 11.5 Å². The molecule has 0 saturated carbocycles. The van der Waals surface area contributed by atoms with Crippen molar-refractivity contribution in [2.24, 2.45) is 0 Å². The molecule has 0 fully saturated rings. The number of carbonyl (C=O) groups is 2. The number of anilines is 1. The first kappa shape index (κ1) is 14.3. The van der Waals surface area contributed by atoms with Crippen LogP contribution in [0, 0.1) is 0 Å². The maximum atomic E-state index is 10.9. The Bertz CT molecular complexity index is 483. The minimum Gasteiger partial charge on any atom is -0.478 e. The van der Waals surface area contributed by atoms with Gasteiger partial charge in [0.15, 0.2) is 5.12 Å². The van der Waals surface area contributed by atoms with E-state index in [-0.39, 0.29) is 16.4 Å². The lowest BCUT2D eigenvalue weighted by Gasteiger charge is -2.01. The third-order valence-electron chi connectivity index (χ3n) is 2.21. The molecule has 18 heavy (non-hydrogen) atoms. The molecule has 5 heteroatoms. The van der Waals surface area contributed by atoms with Crippen molar-refractivity contribution < 1.29 is 14.7 Å². The quantitative estimate of drug-likeness (QED) is 0.632. The predicted octanol–water partition coefficient (Wildman–Crippen LogP) is 2.65. The molecule has 0 aliphatic heterocycles. The fourth-order valence-electron chi connectivity index (χ4n) is 1.35. The van der Waals surface area contributed by atoms with E-state index in [4.69, 9.17) is 10.8 Å². The number of hydrogen-bond donors (Lipinski definition) is 2. The summed E-state index contributed by atoms with van der Waals surface area (Å²) in [5.41, 5.74) is 6.70. The van der Waals surface area contributed by atoms with E-state index in [1.807, 2.05) is 12.2 Å². The van der Waals surface area contributed by atoms with E-state index < -0.39 is 5.97 Å². The molecule has 0 spiro atoms. The lowest BCUT2D eigenvalue weighted by Crippen LogP contribution is -2.02. The highest BCUT2D eigenvalue weighted by Crippen LogP contribution is 2.15. The average Bonchev–Trinajstić information content (AvgIpc) is 2.30. The number of carboxylic acid groups (broad SMARTS) is 1. The Labute approximate surface area is 110 Å². The highest BCUT2D eigenvalue weighted by Gasteiger charge is 2.07. The summed E-state index contributed by atoms with van der Waals surface area (Å²) in [6, 6.07) is 4.87. The van der Waals surface area contributed by atoms with Crippen molar-refractivity contribution in [1.82, 2.24) is 0 Å². The minimum atomic E-state index is -1.03. The molecule has 0 aliphatic rings. The number of nitrogen functional groups attached to an aromatic ring is 1. The summed E-state index contributed by atoms with van der Waals surface area (Å²) in [6.07, 6.45) is 4.50. The van der Waals surface area contributed by atoms with Gasteiger partial charge < -0.3 is 10.8 Å². The van der Waals surface area contributed by atoms with Crippen LogP contribution in [0.2, 0.25) is 0 Å². The summed E-state index contributed by atoms with van der Waals surface area (Å²) in [6.45, 7) is 1.54. The first-order chi connectivity index (χ1) is 8.50. The van der Waals surface area contributed by atoms with E-state index >= 15 is 0 Å². The van der Waals surface area contributed by atoms with Gasteiger partial charge in [-0.3, -0.25) is 4.79 Å². The maximum Gasteiger partial charge on any atom is 0.337 e. The molecule has 1 aromatic rings. The average molecular weight is 265 g/mol. The molecule has 0 heterocycles. The van der Waals surface area contributed by atoms with Gasteiger partial charge in [-0.1, -0.05) is 30.0 Å². The Morgan fingerprint density at radius 1 is 1.44 bits per heavy atom. The van der Waals surface area contributed by atoms with Crippen LogP contribution in [0.5, 0.6) is 0 Å².